The van der Waals surface area contributed by atoms with Gasteiger partial charge in [-0.2, -0.15) is 8.42 Å². The molecule has 0 spiro atoms. The van der Waals surface area contributed by atoms with E-state index in [1.807, 2.05) is 6.92 Å². The van der Waals surface area contributed by atoms with Crippen molar-refractivity contribution < 1.29 is 27.6 Å². The van der Waals surface area contributed by atoms with Gasteiger partial charge in [0.15, 0.2) is 5.76 Å². The van der Waals surface area contributed by atoms with Crippen molar-refractivity contribution in [2.24, 2.45) is 0 Å². The lowest BCUT2D eigenvalue weighted by Crippen LogP contribution is -2.04. The van der Waals surface area contributed by atoms with Crippen molar-refractivity contribution in [3.05, 3.63) is 17.6 Å². The minimum Gasteiger partial charge on any atom is -0.462 e. The summed E-state index contributed by atoms with van der Waals surface area (Å²) < 4.78 is 36.8. The Hall–Kier alpha value is -0.890. The highest BCUT2D eigenvalue weighted by Crippen LogP contribution is 2.29. The van der Waals surface area contributed by atoms with Crippen LogP contribution in [0.1, 0.15) is 50.2 Å². The van der Waals surface area contributed by atoms with Gasteiger partial charge in [-0.05, 0) is 6.42 Å². The molecule has 19 heavy (non-hydrogen) atoms. The summed E-state index contributed by atoms with van der Waals surface area (Å²) in [5, 5.41) is 18.7. The average molecular weight is 292 g/mol. The third-order valence-corrected chi connectivity index (χ3v) is 3.67. The van der Waals surface area contributed by atoms with Crippen molar-refractivity contribution in [1.29, 1.82) is 0 Å². The predicted octanol–water partition coefficient (Wildman–Crippen LogP) is 1.67. The first-order valence-corrected chi connectivity index (χ1v) is 7.73. The molecule has 1 heterocycles. The topological polar surface area (TPSA) is 108 Å². The fourth-order valence-corrected chi connectivity index (χ4v) is 2.54. The van der Waals surface area contributed by atoms with E-state index in [0.717, 1.165) is 25.3 Å². The van der Waals surface area contributed by atoms with Gasteiger partial charge in [0.05, 0.1) is 6.61 Å². The number of aliphatic hydroxyl groups excluding tert-OH is 2. The molecule has 0 saturated carbocycles. The van der Waals surface area contributed by atoms with Crippen molar-refractivity contribution in [3.63, 3.8) is 0 Å². The lowest BCUT2D eigenvalue weighted by Gasteiger charge is -2.08. The van der Waals surface area contributed by atoms with Crippen LogP contribution in [0.15, 0.2) is 15.4 Å². The molecule has 1 rings (SSSR count). The first kappa shape index (κ1) is 16.2. The van der Waals surface area contributed by atoms with Gasteiger partial charge in [-0.15, -0.1) is 0 Å². The highest BCUT2D eigenvalue weighted by atomic mass is 32.2. The molecule has 0 saturated heterocycles. The molecule has 0 amide bonds. The Morgan fingerprint density at radius 3 is 2.58 bits per heavy atom. The number of aliphatic hydroxyl groups is 2. The second kappa shape index (κ2) is 7.04. The Kier molecular flexibility index (Phi) is 5.99. The summed E-state index contributed by atoms with van der Waals surface area (Å²) in [4.78, 5) is -0.417. The number of rotatable bonds is 8. The molecule has 1 aromatic rings. The molecule has 0 fully saturated rings. The van der Waals surface area contributed by atoms with E-state index in [1.165, 1.54) is 0 Å². The van der Waals surface area contributed by atoms with Gasteiger partial charge < -0.3 is 14.6 Å². The van der Waals surface area contributed by atoms with Crippen LogP contribution in [0.25, 0.3) is 0 Å². The molecule has 1 atom stereocenters. The van der Waals surface area contributed by atoms with Gasteiger partial charge in [0.25, 0.3) is 10.1 Å². The average Bonchev–Trinajstić information content (AvgIpc) is 2.73. The molecule has 110 valence electrons. The van der Waals surface area contributed by atoms with E-state index in [9.17, 15) is 13.5 Å². The third kappa shape index (κ3) is 4.61. The summed E-state index contributed by atoms with van der Waals surface area (Å²) >= 11 is 0. The summed E-state index contributed by atoms with van der Waals surface area (Å²) in [6.07, 6.45) is 2.05. The minimum atomic E-state index is -4.44. The second-order valence-corrected chi connectivity index (χ2v) is 5.79. The van der Waals surface area contributed by atoms with Crippen LogP contribution in [-0.4, -0.2) is 29.8 Å². The molecule has 0 aromatic carbocycles. The SMILES string of the molecule is CCCCCC(O)c1oc(CCO)cc1S(=O)(=O)O. The maximum atomic E-state index is 11.2. The van der Waals surface area contributed by atoms with Gasteiger partial charge in [0, 0.05) is 12.5 Å². The Morgan fingerprint density at radius 1 is 1.37 bits per heavy atom. The first-order valence-electron chi connectivity index (χ1n) is 6.29. The zero-order valence-corrected chi connectivity index (χ0v) is 11.7. The Morgan fingerprint density at radius 2 is 2.05 bits per heavy atom. The third-order valence-electron chi connectivity index (χ3n) is 2.80. The van der Waals surface area contributed by atoms with E-state index in [1.54, 1.807) is 0 Å². The molecule has 0 bridgehead atoms. The zero-order chi connectivity index (χ0) is 14.5. The van der Waals surface area contributed by atoms with Crippen LogP contribution in [0, 0.1) is 0 Å². The molecule has 1 unspecified atom stereocenters. The van der Waals surface area contributed by atoms with Gasteiger partial charge in [-0.25, -0.2) is 0 Å². The smallest absolute Gasteiger partial charge is 0.298 e. The fourth-order valence-electron chi connectivity index (χ4n) is 1.82. The van der Waals surface area contributed by atoms with Gasteiger partial charge in [0.2, 0.25) is 0 Å². The van der Waals surface area contributed by atoms with Crippen molar-refractivity contribution in [2.75, 3.05) is 6.61 Å². The number of unbranched alkanes of at least 4 members (excludes halogenated alkanes) is 2. The van der Waals surface area contributed by atoms with E-state index in [4.69, 9.17) is 14.1 Å². The molecule has 6 nitrogen and oxygen atoms in total. The van der Waals surface area contributed by atoms with E-state index in [2.05, 4.69) is 0 Å². The highest BCUT2D eigenvalue weighted by molar-refractivity contribution is 7.85. The Bertz CT molecular complexity index is 490. The van der Waals surface area contributed by atoms with Crippen molar-refractivity contribution in [2.45, 2.75) is 50.0 Å². The van der Waals surface area contributed by atoms with Crippen molar-refractivity contribution >= 4 is 10.1 Å². The normalized spacial score (nSPS) is 13.7. The van der Waals surface area contributed by atoms with Crippen LogP contribution >= 0.6 is 0 Å². The Balaban J connectivity index is 2.96. The van der Waals surface area contributed by atoms with E-state index >= 15 is 0 Å². The Labute approximate surface area is 112 Å². The van der Waals surface area contributed by atoms with Gasteiger partial charge >= 0.3 is 0 Å². The minimum absolute atomic E-state index is 0.129. The van der Waals surface area contributed by atoms with Gasteiger partial charge in [-0.1, -0.05) is 26.2 Å². The molecule has 0 aliphatic carbocycles. The van der Waals surface area contributed by atoms with Gasteiger partial charge in [0.1, 0.15) is 16.8 Å². The lowest BCUT2D eigenvalue weighted by molar-refractivity contribution is 0.130. The van der Waals surface area contributed by atoms with E-state index in [-0.39, 0.29) is 24.5 Å². The molecule has 0 aliphatic heterocycles. The summed E-state index contributed by atoms with van der Waals surface area (Å²) in [6.45, 7) is 1.81. The van der Waals surface area contributed by atoms with Crippen molar-refractivity contribution in [1.82, 2.24) is 0 Å². The molecular weight excluding hydrogens is 272 g/mol. The summed E-state index contributed by atoms with van der Waals surface area (Å²) in [6, 6.07) is 1.14. The predicted molar refractivity (Wildman–Crippen MR) is 68.4 cm³/mol. The lowest BCUT2D eigenvalue weighted by atomic mass is 10.1. The largest absolute Gasteiger partial charge is 0.462 e. The number of hydrogen-bond donors (Lipinski definition) is 3. The number of hydrogen-bond acceptors (Lipinski definition) is 5. The maximum absolute atomic E-state index is 11.2. The van der Waals surface area contributed by atoms with Crippen LogP contribution < -0.4 is 0 Å². The van der Waals surface area contributed by atoms with Gasteiger partial charge in [-0.3, -0.25) is 4.55 Å². The summed E-state index contributed by atoms with van der Waals surface area (Å²) in [7, 11) is -4.44. The highest BCUT2D eigenvalue weighted by Gasteiger charge is 2.26. The second-order valence-electron chi connectivity index (χ2n) is 4.40. The molecule has 0 radical (unpaired) electrons. The monoisotopic (exact) mass is 292 g/mol. The molecule has 7 heteroatoms. The standard InChI is InChI=1S/C12H20O6S/c1-2-3-4-5-10(14)12-11(19(15,16)17)8-9(18-12)6-7-13/h8,10,13-14H,2-7H2,1H3,(H,15,16,17). The van der Waals surface area contributed by atoms with Crippen LogP contribution in [-0.2, 0) is 16.5 Å². The quantitative estimate of drug-likeness (QED) is 0.497. The van der Waals surface area contributed by atoms with E-state index < -0.39 is 21.1 Å². The van der Waals surface area contributed by atoms with E-state index in [0.29, 0.717) is 6.42 Å². The number of furan rings is 1. The maximum Gasteiger partial charge on any atom is 0.298 e. The van der Waals surface area contributed by atoms with Crippen LogP contribution in [0.4, 0.5) is 0 Å². The summed E-state index contributed by atoms with van der Waals surface area (Å²) in [5.41, 5.74) is 0. The van der Waals surface area contributed by atoms with Crippen LogP contribution in [0.2, 0.25) is 0 Å². The fraction of sp³-hybridized carbons (Fsp3) is 0.667. The van der Waals surface area contributed by atoms with Crippen molar-refractivity contribution in [3.8, 4) is 0 Å². The molecule has 0 aliphatic rings. The van der Waals surface area contributed by atoms with Crippen LogP contribution in [0.3, 0.4) is 0 Å². The molecular formula is C12H20O6S. The molecule has 1 aromatic heterocycles. The zero-order valence-electron chi connectivity index (χ0n) is 10.9. The summed E-state index contributed by atoms with van der Waals surface area (Å²) in [5.74, 6) is 0.0710. The molecule has 3 N–H and O–H groups in total. The first-order chi connectivity index (χ1) is 8.90. The van der Waals surface area contributed by atoms with Crippen LogP contribution in [0.5, 0.6) is 0 Å².